The smallest absolute Gasteiger partial charge is 0.231 e. The van der Waals surface area contributed by atoms with Gasteiger partial charge >= 0.3 is 0 Å². The summed E-state index contributed by atoms with van der Waals surface area (Å²) in [6.45, 7) is 0.861. The molecule has 0 fully saturated rings. The maximum absolute atomic E-state index is 6.19. The Morgan fingerprint density at radius 3 is 2.64 bits per heavy atom. The SMILES string of the molecule is COc1ccc2c(c1)[C@@H]1Oc3cc4c(cc3[C@@H]1CO2)OCO4. The molecule has 22 heavy (non-hydrogen) atoms. The summed E-state index contributed by atoms with van der Waals surface area (Å²) in [4.78, 5) is 0. The molecule has 0 spiro atoms. The number of hydrogen-bond acceptors (Lipinski definition) is 5. The molecule has 112 valence electrons. The minimum absolute atomic E-state index is 0.0589. The largest absolute Gasteiger partial charge is 0.497 e. The summed E-state index contributed by atoms with van der Waals surface area (Å²) in [6.07, 6.45) is -0.0589. The normalized spacial score (nSPS) is 23.0. The van der Waals surface area contributed by atoms with E-state index in [2.05, 4.69) is 0 Å². The molecule has 0 radical (unpaired) electrons. The first kappa shape index (κ1) is 12.0. The molecule has 2 aromatic rings. The van der Waals surface area contributed by atoms with Crippen LogP contribution in [0, 0.1) is 0 Å². The van der Waals surface area contributed by atoms with Gasteiger partial charge in [-0.05, 0) is 24.3 Å². The van der Waals surface area contributed by atoms with E-state index in [9.17, 15) is 0 Å². The predicted octanol–water partition coefficient (Wildman–Crippen LogP) is 3.03. The van der Waals surface area contributed by atoms with E-state index in [-0.39, 0.29) is 18.8 Å². The molecule has 5 rings (SSSR count). The highest BCUT2D eigenvalue weighted by Crippen LogP contribution is 2.54. The average Bonchev–Trinajstić information content (AvgIpc) is 3.15. The van der Waals surface area contributed by atoms with Crippen molar-refractivity contribution in [1.82, 2.24) is 0 Å². The standard InChI is InChI=1S/C17H14O5/c1-18-9-2-3-13-11(4-9)17-12(7-19-13)10-5-15-16(21-8-20-15)6-14(10)22-17/h2-6,12,17H,7-8H2,1H3/t12-,17-/m0/s1. The highest BCUT2D eigenvalue weighted by molar-refractivity contribution is 5.57. The number of rotatable bonds is 1. The molecule has 3 aliphatic heterocycles. The van der Waals surface area contributed by atoms with E-state index in [4.69, 9.17) is 23.7 Å². The third kappa shape index (κ3) is 1.53. The highest BCUT2D eigenvalue weighted by atomic mass is 16.7. The van der Waals surface area contributed by atoms with E-state index in [0.29, 0.717) is 6.61 Å². The van der Waals surface area contributed by atoms with Gasteiger partial charge in [-0.25, -0.2) is 0 Å². The number of methoxy groups -OCH3 is 1. The summed E-state index contributed by atoms with van der Waals surface area (Å²) >= 11 is 0. The van der Waals surface area contributed by atoms with Gasteiger partial charge in [-0.1, -0.05) is 0 Å². The molecule has 0 aromatic heterocycles. The van der Waals surface area contributed by atoms with Crippen molar-refractivity contribution in [2.75, 3.05) is 20.5 Å². The van der Waals surface area contributed by atoms with Gasteiger partial charge in [0.05, 0.1) is 19.6 Å². The lowest BCUT2D eigenvalue weighted by atomic mass is 9.89. The Balaban J connectivity index is 1.60. The van der Waals surface area contributed by atoms with Crippen LogP contribution in [0.1, 0.15) is 23.1 Å². The van der Waals surface area contributed by atoms with Gasteiger partial charge in [0.1, 0.15) is 23.4 Å². The fraction of sp³-hybridized carbons (Fsp3) is 0.294. The lowest BCUT2D eigenvalue weighted by molar-refractivity contribution is 0.138. The van der Waals surface area contributed by atoms with Gasteiger partial charge in [-0.3, -0.25) is 0 Å². The molecule has 0 N–H and O–H groups in total. The second-order valence-electron chi connectivity index (χ2n) is 5.60. The van der Waals surface area contributed by atoms with E-state index < -0.39 is 0 Å². The fourth-order valence-corrected chi connectivity index (χ4v) is 3.36. The van der Waals surface area contributed by atoms with Crippen LogP contribution in [0.2, 0.25) is 0 Å². The van der Waals surface area contributed by atoms with Gasteiger partial charge in [-0.2, -0.15) is 0 Å². The van der Waals surface area contributed by atoms with E-state index in [0.717, 1.165) is 39.9 Å². The zero-order valence-electron chi connectivity index (χ0n) is 12.0. The first-order valence-electron chi connectivity index (χ1n) is 7.24. The van der Waals surface area contributed by atoms with Crippen LogP contribution in [-0.4, -0.2) is 20.5 Å². The fourth-order valence-electron chi connectivity index (χ4n) is 3.36. The molecule has 2 atom stereocenters. The lowest BCUT2D eigenvalue weighted by Crippen LogP contribution is -2.23. The Bertz CT molecular complexity index is 770. The Hall–Kier alpha value is -2.56. The molecule has 5 heteroatoms. The first-order valence-corrected chi connectivity index (χ1v) is 7.24. The van der Waals surface area contributed by atoms with Gasteiger partial charge in [0, 0.05) is 17.2 Å². The van der Waals surface area contributed by atoms with Gasteiger partial charge in [0.25, 0.3) is 0 Å². The Labute approximate surface area is 127 Å². The van der Waals surface area contributed by atoms with Crippen LogP contribution in [0.4, 0.5) is 0 Å². The molecule has 0 aliphatic carbocycles. The van der Waals surface area contributed by atoms with E-state index in [1.54, 1.807) is 7.11 Å². The Morgan fingerprint density at radius 1 is 0.909 bits per heavy atom. The number of fused-ring (bicyclic) bond motifs is 6. The minimum Gasteiger partial charge on any atom is -0.497 e. The zero-order chi connectivity index (χ0) is 14.7. The van der Waals surface area contributed by atoms with Crippen LogP contribution in [0.5, 0.6) is 28.7 Å². The molecule has 0 unspecified atom stereocenters. The van der Waals surface area contributed by atoms with Crippen molar-refractivity contribution in [2.45, 2.75) is 12.0 Å². The maximum atomic E-state index is 6.19. The molecule has 3 heterocycles. The summed E-state index contributed by atoms with van der Waals surface area (Å²) in [6, 6.07) is 9.74. The lowest BCUT2D eigenvalue weighted by Gasteiger charge is -2.28. The van der Waals surface area contributed by atoms with Crippen molar-refractivity contribution in [1.29, 1.82) is 0 Å². The molecular formula is C17H14O5. The highest BCUT2D eigenvalue weighted by Gasteiger charge is 2.42. The Morgan fingerprint density at radius 2 is 1.77 bits per heavy atom. The van der Waals surface area contributed by atoms with Gasteiger partial charge in [-0.15, -0.1) is 0 Å². The zero-order valence-corrected chi connectivity index (χ0v) is 12.0. The Kier molecular flexibility index (Phi) is 2.31. The van der Waals surface area contributed by atoms with Crippen LogP contribution in [0.25, 0.3) is 0 Å². The molecule has 0 saturated heterocycles. The minimum atomic E-state index is -0.0589. The van der Waals surface area contributed by atoms with E-state index in [1.807, 2.05) is 30.3 Å². The second kappa shape index (κ2) is 4.22. The van der Waals surface area contributed by atoms with Crippen LogP contribution in [0.15, 0.2) is 30.3 Å². The van der Waals surface area contributed by atoms with Crippen molar-refractivity contribution in [3.8, 4) is 28.7 Å². The molecular weight excluding hydrogens is 284 g/mol. The summed E-state index contributed by atoms with van der Waals surface area (Å²) in [7, 11) is 1.66. The third-order valence-electron chi connectivity index (χ3n) is 4.47. The van der Waals surface area contributed by atoms with Crippen molar-refractivity contribution < 1.29 is 23.7 Å². The third-order valence-corrected chi connectivity index (χ3v) is 4.47. The van der Waals surface area contributed by atoms with Gasteiger partial charge in [0.2, 0.25) is 6.79 Å². The van der Waals surface area contributed by atoms with E-state index >= 15 is 0 Å². The molecule has 0 amide bonds. The second-order valence-corrected chi connectivity index (χ2v) is 5.60. The van der Waals surface area contributed by atoms with Crippen molar-refractivity contribution in [2.24, 2.45) is 0 Å². The van der Waals surface area contributed by atoms with Gasteiger partial charge < -0.3 is 23.7 Å². The summed E-state index contributed by atoms with van der Waals surface area (Å²) < 4.78 is 28.3. The van der Waals surface area contributed by atoms with Crippen LogP contribution < -0.4 is 23.7 Å². The molecule has 5 nitrogen and oxygen atoms in total. The van der Waals surface area contributed by atoms with Crippen molar-refractivity contribution >= 4 is 0 Å². The van der Waals surface area contributed by atoms with Crippen molar-refractivity contribution in [3.63, 3.8) is 0 Å². The van der Waals surface area contributed by atoms with Crippen molar-refractivity contribution in [3.05, 3.63) is 41.5 Å². The van der Waals surface area contributed by atoms with Gasteiger partial charge in [0.15, 0.2) is 11.5 Å². The van der Waals surface area contributed by atoms with Crippen LogP contribution >= 0.6 is 0 Å². The molecule has 0 bridgehead atoms. The number of hydrogen-bond donors (Lipinski definition) is 0. The molecule has 3 aliphatic rings. The van der Waals surface area contributed by atoms with E-state index in [1.165, 1.54) is 0 Å². The first-order chi connectivity index (χ1) is 10.8. The summed E-state index contributed by atoms with van der Waals surface area (Å²) in [5, 5.41) is 0. The monoisotopic (exact) mass is 298 g/mol. The number of ether oxygens (including phenoxy) is 5. The van der Waals surface area contributed by atoms with Crippen LogP contribution in [-0.2, 0) is 0 Å². The summed E-state index contributed by atoms with van der Waals surface area (Å²) in [5.41, 5.74) is 2.14. The quantitative estimate of drug-likeness (QED) is 0.810. The predicted molar refractivity (Wildman–Crippen MR) is 77.2 cm³/mol. The van der Waals surface area contributed by atoms with Crippen LogP contribution in [0.3, 0.4) is 0 Å². The summed E-state index contributed by atoms with van der Waals surface area (Å²) in [5.74, 6) is 4.18. The average molecular weight is 298 g/mol. The molecule has 2 aromatic carbocycles. The maximum Gasteiger partial charge on any atom is 0.231 e. The molecule has 0 saturated carbocycles. The topological polar surface area (TPSA) is 46.2 Å². The number of benzene rings is 2.